The second-order valence-corrected chi connectivity index (χ2v) is 19.2. The molecule has 1 spiro atoms. The normalized spacial score (nSPS) is 34.4. The first-order chi connectivity index (χ1) is 25.5. The SMILES string of the molecule is CO[C@@]1(CN2CCC(C3COC3)CC2)/C=C/C[C@H](C)[C@@H](C)C(=O)NS(=O)(=O)c2ccc3c(c2)N(C[C@@H]2CC[C@H]21)C[C@@]1(CCCc2cc(Cl)ccc21)CO3. The van der Waals surface area contributed by atoms with Crippen LogP contribution in [-0.2, 0) is 36.1 Å². The van der Waals surface area contributed by atoms with Crippen LogP contribution < -0.4 is 14.4 Å². The van der Waals surface area contributed by atoms with E-state index in [1.54, 1.807) is 18.2 Å². The fourth-order valence-electron chi connectivity index (χ4n) is 10.2. The Morgan fingerprint density at radius 2 is 1.83 bits per heavy atom. The maximum absolute atomic E-state index is 13.8. The van der Waals surface area contributed by atoms with Gasteiger partial charge in [0, 0.05) is 49.0 Å². The van der Waals surface area contributed by atoms with Gasteiger partial charge in [0.15, 0.2) is 0 Å². The first-order valence-electron chi connectivity index (χ1n) is 19.9. The lowest BCUT2D eigenvalue weighted by molar-refractivity contribution is -0.124. The number of hydrogen-bond donors (Lipinski definition) is 1. The molecule has 6 atom stereocenters. The Hall–Kier alpha value is -2.63. The van der Waals surface area contributed by atoms with Crippen molar-refractivity contribution in [2.75, 3.05) is 64.6 Å². The molecular weight excluding hydrogens is 710 g/mol. The van der Waals surface area contributed by atoms with Crippen molar-refractivity contribution in [2.24, 2.45) is 35.5 Å². The molecule has 2 aliphatic carbocycles. The molecule has 0 radical (unpaired) electrons. The lowest BCUT2D eigenvalue weighted by Crippen LogP contribution is -2.58. The number of nitrogens with one attached hydrogen (secondary N) is 1. The van der Waals surface area contributed by atoms with Gasteiger partial charge in [0.1, 0.15) is 11.4 Å². The zero-order valence-corrected chi connectivity index (χ0v) is 33.1. The molecule has 53 heavy (non-hydrogen) atoms. The topological polar surface area (TPSA) is 97.4 Å². The highest BCUT2D eigenvalue weighted by Crippen LogP contribution is 2.50. The van der Waals surface area contributed by atoms with Crippen molar-refractivity contribution >= 4 is 33.2 Å². The number of piperidine rings is 1. The van der Waals surface area contributed by atoms with Crippen LogP contribution in [0.2, 0.25) is 5.02 Å². The van der Waals surface area contributed by atoms with E-state index in [9.17, 15) is 13.2 Å². The molecule has 4 aliphatic heterocycles. The molecule has 11 heteroatoms. The van der Waals surface area contributed by atoms with Gasteiger partial charge in [0.05, 0.1) is 30.4 Å². The number of fused-ring (bicyclic) bond motifs is 4. The van der Waals surface area contributed by atoms with E-state index in [1.807, 2.05) is 27.0 Å². The quantitative estimate of drug-likeness (QED) is 0.347. The second kappa shape index (κ2) is 14.8. The van der Waals surface area contributed by atoms with Crippen molar-refractivity contribution < 1.29 is 27.4 Å². The number of nitrogens with zero attached hydrogens (tertiary/aromatic N) is 2. The smallest absolute Gasteiger partial charge is 0.264 e. The predicted molar refractivity (Wildman–Crippen MR) is 207 cm³/mol. The van der Waals surface area contributed by atoms with Crippen LogP contribution in [0.15, 0.2) is 53.4 Å². The van der Waals surface area contributed by atoms with Gasteiger partial charge in [-0.25, -0.2) is 13.1 Å². The van der Waals surface area contributed by atoms with Gasteiger partial charge < -0.3 is 24.0 Å². The van der Waals surface area contributed by atoms with Crippen LogP contribution in [0.25, 0.3) is 0 Å². The molecule has 4 heterocycles. The summed E-state index contributed by atoms with van der Waals surface area (Å²) in [7, 11) is -2.24. The van der Waals surface area contributed by atoms with Crippen LogP contribution in [0.1, 0.15) is 69.9 Å². The number of hydrogen-bond acceptors (Lipinski definition) is 8. The van der Waals surface area contributed by atoms with Crippen LogP contribution >= 0.6 is 11.6 Å². The number of allylic oxidation sites excluding steroid dienone is 1. The van der Waals surface area contributed by atoms with E-state index in [2.05, 4.69) is 38.8 Å². The number of carbonyl (C=O) groups is 1. The summed E-state index contributed by atoms with van der Waals surface area (Å²) in [5, 5.41) is 0.742. The lowest BCUT2D eigenvalue weighted by Gasteiger charge is -2.52. The minimum Gasteiger partial charge on any atom is -0.490 e. The minimum atomic E-state index is -4.12. The molecule has 0 aromatic heterocycles. The number of ether oxygens (including phenoxy) is 3. The fourth-order valence-corrected chi connectivity index (χ4v) is 11.5. The third-order valence-electron chi connectivity index (χ3n) is 14.0. The number of halogens is 1. The zero-order valence-electron chi connectivity index (χ0n) is 31.5. The third kappa shape index (κ3) is 7.16. The summed E-state index contributed by atoms with van der Waals surface area (Å²) in [6, 6.07) is 11.3. The molecule has 0 unspecified atom stereocenters. The number of carbonyl (C=O) groups excluding carboxylic acids is 1. The van der Waals surface area contributed by atoms with Gasteiger partial charge >= 0.3 is 0 Å². The summed E-state index contributed by atoms with van der Waals surface area (Å²) in [5.74, 6) is 1.65. The standard InChI is InChI=1S/C42H56ClN3O6S/c1-28-6-4-17-42(50-3,26-45-18-14-30(15-19-45)33-23-51-24-33)37-11-8-32(37)22-46-25-41(16-5-7-31-20-34(43)9-12-36(31)41)27-52-39-13-10-35(21-38(39)46)53(48,49)44-40(47)29(28)2/h4,9-10,12-13,17,20-21,28-30,32-33,37H,5-8,11,14-16,18-19,22-27H2,1-3H3,(H,44,47)/b17-4+/t28-,29+,32-,37+,41-,42+/m0/s1. The van der Waals surface area contributed by atoms with E-state index in [0.717, 1.165) is 88.1 Å². The van der Waals surface area contributed by atoms with Crippen molar-refractivity contribution in [3.05, 3.63) is 64.7 Å². The molecule has 1 saturated carbocycles. The number of methoxy groups -OCH3 is 1. The summed E-state index contributed by atoms with van der Waals surface area (Å²) in [6.45, 7) is 10.5. The van der Waals surface area contributed by atoms with Gasteiger partial charge in [-0.15, -0.1) is 0 Å². The lowest BCUT2D eigenvalue weighted by atomic mass is 9.63. The van der Waals surface area contributed by atoms with E-state index in [-0.39, 0.29) is 22.1 Å². The fraction of sp³-hybridized carbons (Fsp3) is 0.643. The number of likely N-dealkylation sites (tertiary alicyclic amines) is 1. The Kier molecular flexibility index (Phi) is 10.4. The Morgan fingerprint density at radius 3 is 2.55 bits per heavy atom. The van der Waals surface area contributed by atoms with Crippen molar-refractivity contribution in [3.8, 4) is 5.75 Å². The average Bonchev–Trinajstić information content (AvgIpc) is 3.25. The van der Waals surface area contributed by atoms with E-state index >= 15 is 0 Å². The highest BCUT2D eigenvalue weighted by atomic mass is 35.5. The highest BCUT2D eigenvalue weighted by molar-refractivity contribution is 7.90. The molecule has 2 aromatic rings. The van der Waals surface area contributed by atoms with E-state index in [0.29, 0.717) is 37.2 Å². The van der Waals surface area contributed by atoms with Crippen LogP contribution in [0.3, 0.4) is 0 Å². The Morgan fingerprint density at radius 1 is 1.02 bits per heavy atom. The van der Waals surface area contributed by atoms with Crippen molar-refractivity contribution in [2.45, 2.75) is 81.1 Å². The average molecular weight is 766 g/mol. The minimum absolute atomic E-state index is 0.0677. The van der Waals surface area contributed by atoms with Crippen LogP contribution in [-0.4, -0.2) is 84.5 Å². The van der Waals surface area contributed by atoms with Crippen molar-refractivity contribution in [1.29, 1.82) is 0 Å². The number of benzene rings is 2. The molecule has 1 N–H and O–H groups in total. The molecule has 8 rings (SSSR count). The van der Waals surface area contributed by atoms with Crippen molar-refractivity contribution in [3.63, 3.8) is 0 Å². The Balaban J connectivity index is 1.17. The third-order valence-corrected chi connectivity index (χ3v) is 15.6. The molecule has 2 bridgehead atoms. The van der Waals surface area contributed by atoms with E-state index < -0.39 is 27.4 Å². The number of aryl methyl sites for hydroxylation is 1. The van der Waals surface area contributed by atoms with Crippen LogP contribution in [0.4, 0.5) is 5.69 Å². The number of rotatable bonds is 4. The van der Waals surface area contributed by atoms with Gasteiger partial charge in [0.25, 0.3) is 10.0 Å². The summed E-state index contributed by atoms with van der Waals surface area (Å²) in [4.78, 5) is 18.6. The first-order valence-corrected chi connectivity index (χ1v) is 21.8. The Labute approximate surface area is 320 Å². The first kappa shape index (κ1) is 37.3. The second-order valence-electron chi connectivity index (χ2n) is 17.1. The van der Waals surface area contributed by atoms with E-state index in [4.69, 9.17) is 25.8 Å². The molecule has 1 amide bonds. The number of anilines is 1. The van der Waals surface area contributed by atoms with Crippen molar-refractivity contribution in [1.82, 2.24) is 9.62 Å². The predicted octanol–water partition coefficient (Wildman–Crippen LogP) is 6.62. The zero-order chi connectivity index (χ0) is 37.0. The maximum atomic E-state index is 13.8. The Bertz CT molecular complexity index is 1830. The molecule has 9 nitrogen and oxygen atoms in total. The van der Waals surface area contributed by atoms with Gasteiger partial charge in [-0.3, -0.25) is 4.79 Å². The summed E-state index contributed by atoms with van der Waals surface area (Å²) in [6.07, 6.45) is 12.6. The van der Waals surface area contributed by atoms with Gasteiger partial charge in [-0.05, 0) is 130 Å². The molecule has 2 aromatic carbocycles. The number of sulfonamides is 1. The van der Waals surface area contributed by atoms with E-state index in [1.165, 1.54) is 24.0 Å². The molecule has 288 valence electrons. The molecular formula is C42H56ClN3O6S. The molecule has 3 fully saturated rings. The van der Waals surface area contributed by atoms with Gasteiger partial charge in [0.2, 0.25) is 5.91 Å². The molecule has 6 aliphatic rings. The monoisotopic (exact) mass is 765 g/mol. The largest absolute Gasteiger partial charge is 0.490 e. The summed E-state index contributed by atoms with van der Waals surface area (Å²) < 4.78 is 48.9. The van der Waals surface area contributed by atoms with Gasteiger partial charge in [-0.1, -0.05) is 43.7 Å². The summed E-state index contributed by atoms with van der Waals surface area (Å²) >= 11 is 6.50. The van der Waals surface area contributed by atoms with Crippen LogP contribution in [0.5, 0.6) is 5.75 Å². The van der Waals surface area contributed by atoms with Gasteiger partial charge in [-0.2, -0.15) is 0 Å². The molecule has 2 saturated heterocycles. The maximum Gasteiger partial charge on any atom is 0.264 e. The highest BCUT2D eigenvalue weighted by Gasteiger charge is 2.50. The summed E-state index contributed by atoms with van der Waals surface area (Å²) in [5.41, 5.74) is 2.52. The number of amides is 1. The van der Waals surface area contributed by atoms with Crippen LogP contribution in [0, 0.1) is 35.5 Å².